The zero-order chi connectivity index (χ0) is 15.0. The Bertz CT molecular complexity index is 357. The number of carbonyl (C=O) groups excluding carboxylic acids is 2. The van der Waals surface area contributed by atoms with Gasteiger partial charge in [-0.05, 0) is 50.9 Å². The first-order chi connectivity index (χ1) is 8.53. The molecule has 0 heterocycles. The van der Waals surface area contributed by atoms with Gasteiger partial charge in [-0.25, -0.2) is 0 Å². The van der Waals surface area contributed by atoms with Crippen molar-refractivity contribution in [1.29, 1.82) is 0 Å². The van der Waals surface area contributed by atoms with E-state index in [2.05, 4.69) is 0 Å². The van der Waals surface area contributed by atoms with Crippen molar-refractivity contribution < 1.29 is 14.7 Å². The van der Waals surface area contributed by atoms with Gasteiger partial charge in [0.2, 0.25) is 11.8 Å². The first kappa shape index (κ1) is 16.0. The van der Waals surface area contributed by atoms with E-state index >= 15 is 0 Å². The Morgan fingerprint density at radius 2 is 1.79 bits per heavy atom. The van der Waals surface area contributed by atoms with Crippen molar-refractivity contribution in [1.82, 2.24) is 0 Å². The lowest BCUT2D eigenvalue weighted by molar-refractivity contribution is -0.163. The second kappa shape index (κ2) is 5.12. The average Bonchev–Trinajstić information content (AvgIpc) is 2.11. The zero-order valence-electron chi connectivity index (χ0n) is 12.3. The molecule has 1 saturated carbocycles. The van der Waals surface area contributed by atoms with Crippen LogP contribution in [0.4, 0.5) is 0 Å². The Kier molecular flexibility index (Phi) is 4.30. The van der Waals surface area contributed by atoms with E-state index in [0.717, 1.165) is 6.42 Å². The third-order valence-electron chi connectivity index (χ3n) is 4.48. The number of carbonyl (C=O) groups is 2. The van der Waals surface area contributed by atoms with Crippen molar-refractivity contribution in [2.24, 2.45) is 34.6 Å². The molecule has 0 aromatic rings. The summed E-state index contributed by atoms with van der Waals surface area (Å²) in [5.41, 5.74) is 8.58. The molecule has 2 atom stereocenters. The largest absolute Gasteiger partial charge is 0.390 e. The van der Waals surface area contributed by atoms with Gasteiger partial charge in [0.25, 0.3) is 0 Å². The van der Waals surface area contributed by atoms with Crippen molar-refractivity contribution >= 4 is 11.8 Å². The summed E-state index contributed by atoms with van der Waals surface area (Å²) >= 11 is 0. The number of primary amides is 2. The summed E-state index contributed by atoms with van der Waals surface area (Å²) in [4.78, 5) is 23.4. The Balaban J connectivity index is 3.10. The molecule has 1 rings (SSSR count). The van der Waals surface area contributed by atoms with Crippen molar-refractivity contribution in [3.05, 3.63) is 0 Å². The number of hydrogen-bond donors (Lipinski definition) is 3. The number of rotatable bonds is 6. The van der Waals surface area contributed by atoms with Gasteiger partial charge in [-0.3, -0.25) is 9.59 Å². The number of amides is 2. The second-order valence-electron chi connectivity index (χ2n) is 6.73. The molecule has 1 aliphatic rings. The van der Waals surface area contributed by atoms with Gasteiger partial charge >= 0.3 is 0 Å². The molecule has 0 spiro atoms. The minimum Gasteiger partial charge on any atom is -0.390 e. The lowest BCUT2D eigenvalue weighted by Crippen LogP contribution is -2.62. The third-order valence-corrected chi connectivity index (χ3v) is 4.48. The summed E-state index contributed by atoms with van der Waals surface area (Å²) in [5.74, 6) is -1.38. The van der Waals surface area contributed by atoms with Crippen LogP contribution in [0.5, 0.6) is 0 Å². The topological polar surface area (TPSA) is 106 Å². The molecule has 1 aliphatic carbocycles. The van der Waals surface area contributed by atoms with Crippen LogP contribution in [0.2, 0.25) is 0 Å². The zero-order valence-corrected chi connectivity index (χ0v) is 12.3. The van der Waals surface area contributed by atoms with Crippen molar-refractivity contribution in [2.75, 3.05) is 0 Å². The summed E-state index contributed by atoms with van der Waals surface area (Å²) in [5, 5.41) is 10.4. The molecular formula is C14H26N2O3. The molecular weight excluding hydrogens is 244 g/mol. The fourth-order valence-electron chi connectivity index (χ4n) is 3.33. The van der Waals surface area contributed by atoms with Crippen LogP contribution in [0.3, 0.4) is 0 Å². The van der Waals surface area contributed by atoms with Crippen LogP contribution in [-0.2, 0) is 9.59 Å². The molecule has 5 N–H and O–H groups in total. The van der Waals surface area contributed by atoms with Gasteiger partial charge in [-0.2, -0.15) is 0 Å². The molecule has 0 aromatic carbocycles. The van der Waals surface area contributed by atoms with Crippen molar-refractivity contribution in [2.45, 2.75) is 52.6 Å². The third kappa shape index (κ3) is 2.76. The van der Waals surface area contributed by atoms with Crippen LogP contribution in [0.25, 0.3) is 0 Å². The SMILES string of the molecule is CC(C)C[C@H](C1CCC1(C(N)=O)C(N)=O)C(C)(C)O. The Morgan fingerprint density at radius 1 is 1.32 bits per heavy atom. The molecule has 5 nitrogen and oxygen atoms in total. The van der Waals surface area contributed by atoms with E-state index in [-0.39, 0.29) is 11.8 Å². The van der Waals surface area contributed by atoms with E-state index in [4.69, 9.17) is 11.5 Å². The first-order valence-electron chi connectivity index (χ1n) is 6.85. The molecule has 1 unspecified atom stereocenters. The van der Waals surface area contributed by atoms with E-state index in [0.29, 0.717) is 18.8 Å². The van der Waals surface area contributed by atoms with E-state index in [1.54, 1.807) is 13.8 Å². The highest BCUT2D eigenvalue weighted by molar-refractivity contribution is 6.05. The van der Waals surface area contributed by atoms with Crippen LogP contribution in [0.15, 0.2) is 0 Å². The van der Waals surface area contributed by atoms with Gasteiger partial charge in [0.05, 0.1) is 5.60 Å². The first-order valence-corrected chi connectivity index (χ1v) is 6.85. The van der Waals surface area contributed by atoms with Crippen LogP contribution < -0.4 is 11.5 Å². The Hall–Kier alpha value is -1.10. The lowest BCUT2D eigenvalue weighted by atomic mass is 9.51. The summed E-state index contributed by atoms with van der Waals surface area (Å²) in [6.45, 7) is 7.53. The quantitative estimate of drug-likeness (QED) is 0.621. The molecule has 19 heavy (non-hydrogen) atoms. The van der Waals surface area contributed by atoms with E-state index < -0.39 is 22.8 Å². The highest BCUT2D eigenvalue weighted by Gasteiger charge is 2.60. The molecule has 0 radical (unpaired) electrons. The summed E-state index contributed by atoms with van der Waals surface area (Å²) < 4.78 is 0. The predicted molar refractivity (Wildman–Crippen MR) is 72.8 cm³/mol. The van der Waals surface area contributed by atoms with Gasteiger partial charge in [-0.1, -0.05) is 13.8 Å². The normalized spacial score (nSPS) is 23.8. The minimum absolute atomic E-state index is 0.166. The molecule has 2 amide bonds. The molecule has 110 valence electrons. The lowest BCUT2D eigenvalue weighted by Gasteiger charge is -2.52. The molecule has 0 bridgehead atoms. The second-order valence-corrected chi connectivity index (χ2v) is 6.73. The maximum absolute atomic E-state index is 11.7. The van der Waals surface area contributed by atoms with Crippen LogP contribution in [-0.4, -0.2) is 22.5 Å². The monoisotopic (exact) mass is 270 g/mol. The fraction of sp³-hybridized carbons (Fsp3) is 0.857. The molecule has 0 saturated heterocycles. The fourth-order valence-corrected chi connectivity index (χ4v) is 3.33. The maximum Gasteiger partial charge on any atom is 0.233 e. The average molecular weight is 270 g/mol. The Morgan fingerprint density at radius 3 is 2.00 bits per heavy atom. The number of nitrogens with two attached hydrogens (primary N) is 2. The summed E-state index contributed by atoms with van der Waals surface area (Å²) in [6, 6.07) is 0. The number of hydrogen-bond acceptors (Lipinski definition) is 3. The predicted octanol–water partition coefficient (Wildman–Crippen LogP) is 0.787. The van der Waals surface area contributed by atoms with Gasteiger partial charge in [0, 0.05) is 0 Å². The maximum atomic E-state index is 11.7. The van der Waals surface area contributed by atoms with Crippen molar-refractivity contribution in [3.8, 4) is 0 Å². The van der Waals surface area contributed by atoms with E-state index in [9.17, 15) is 14.7 Å². The Labute approximate surface area is 114 Å². The van der Waals surface area contributed by atoms with E-state index in [1.807, 2.05) is 13.8 Å². The smallest absolute Gasteiger partial charge is 0.233 e. The highest BCUT2D eigenvalue weighted by Crippen LogP contribution is 2.54. The van der Waals surface area contributed by atoms with Gasteiger partial charge in [-0.15, -0.1) is 0 Å². The summed E-state index contributed by atoms with van der Waals surface area (Å²) in [6.07, 6.45) is 1.83. The highest BCUT2D eigenvalue weighted by atomic mass is 16.3. The van der Waals surface area contributed by atoms with Gasteiger partial charge < -0.3 is 16.6 Å². The van der Waals surface area contributed by atoms with E-state index in [1.165, 1.54) is 0 Å². The van der Waals surface area contributed by atoms with Gasteiger partial charge in [0.1, 0.15) is 5.41 Å². The van der Waals surface area contributed by atoms with Crippen molar-refractivity contribution in [3.63, 3.8) is 0 Å². The molecule has 1 fully saturated rings. The molecule has 5 heteroatoms. The van der Waals surface area contributed by atoms with Crippen LogP contribution in [0, 0.1) is 23.2 Å². The van der Waals surface area contributed by atoms with Crippen LogP contribution >= 0.6 is 0 Å². The van der Waals surface area contributed by atoms with Gasteiger partial charge in [0.15, 0.2) is 0 Å². The molecule has 0 aromatic heterocycles. The minimum atomic E-state index is -1.28. The summed E-state index contributed by atoms with van der Waals surface area (Å²) in [7, 11) is 0. The molecule has 0 aliphatic heterocycles. The van der Waals surface area contributed by atoms with Crippen LogP contribution in [0.1, 0.15) is 47.0 Å². The number of aliphatic hydroxyl groups is 1. The standard InChI is InChI=1S/C14H26N2O3/c1-8(2)7-10(13(3,4)19)9-5-6-14(9,11(15)17)12(16)18/h8-10,19H,5-7H2,1-4H3,(H2,15,17)(H2,16,18)/t9?,10-/m1/s1.